The molecule has 0 aliphatic carbocycles. The Hall–Kier alpha value is -1.55. The van der Waals surface area contributed by atoms with Crippen LogP contribution in [0.15, 0.2) is 46.9 Å². The molecule has 21 heavy (non-hydrogen) atoms. The van der Waals surface area contributed by atoms with E-state index in [2.05, 4.69) is 0 Å². The van der Waals surface area contributed by atoms with Gasteiger partial charge in [-0.3, -0.25) is 0 Å². The van der Waals surface area contributed by atoms with Crippen molar-refractivity contribution >= 4 is 34.2 Å². The van der Waals surface area contributed by atoms with Crippen LogP contribution < -0.4 is 5.73 Å². The average Bonchev–Trinajstić information content (AvgIpc) is 2.87. The third-order valence-corrected chi connectivity index (χ3v) is 3.86. The van der Waals surface area contributed by atoms with Crippen LogP contribution in [0.1, 0.15) is 17.4 Å². The van der Waals surface area contributed by atoms with Crippen LogP contribution >= 0.6 is 23.2 Å². The standard InChI is InChI=1S/C16H12Cl2FNO/c17-11-4-5-14-10(6-11)8-15(21-14)13(20)7-9-2-1-3-12(18)16(9)19/h1-6,8,13H,7,20H2. The van der Waals surface area contributed by atoms with Crippen LogP contribution in [0.4, 0.5) is 4.39 Å². The molecule has 2 aromatic carbocycles. The van der Waals surface area contributed by atoms with Crippen LogP contribution in [0.5, 0.6) is 0 Å². The summed E-state index contributed by atoms with van der Waals surface area (Å²) in [6.07, 6.45) is 0.306. The molecule has 3 aromatic rings. The number of rotatable bonds is 3. The molecule has 0 radical (unpaired) electrons. The Morgan fingerprint density at radius 2 is 1.95 bits per heavy atom. The minimum Gasteiger partial charge on any atom is -0.459 e. The van der Waals surface area contributed by atoms with Gasteiger partial charge in [-0.05, 0) is 42.3 Å². The van der Waals surface area contributed by atoms with E-state index in [1.54, 1.807) is 30.3 Å². The molecule has 1 heterocycles. The lowest BCUT2D eigenvalue weighted by molar-refractivity contribution is 0.487. The first-order valence-corrected chi connectivity index (χ1v) is 7.17. The molecule has 3 rings (SSSR count). The van der Waals surface area contributed by atoms with Crippen molar-refractivity contribution < 1.29 is 8.81 Å². The Morgan fingerprint density at radius 1 is 1.14 bits per heavy atom. The molecular weight excluding hydrogens is 312 g/mol. The Morgan fingerprint density at radius 3 is 2.76 bits per heavy atom. The summed E-state index contributed by atoms with van der Waals surface area (Å²) in [5, 5.41) is 1.60. The highest BCUT2D eigenvalue weighted by atomic mass is 35.5. The van der Waals surface area contributed by atoms with Crippen LogP contribution in [0, 0.1) is 5.82 Å². The summed E-state index contributed by atoms with van der Waals surface area (Å²) in [7, 11) is 0. The first kappa shape index (κ1) is 14.4. The average molecular weight is 324 g/mol. The zero-order valence-corrected chi connectivity index (χ0v) is 12.5. The summed E-state index contributed by atoms with van der Waals surface area (Å²) in [4.78, 5) is 0. The highest BCUT2D eigenvalue weighted by molar-refractivity contribution is 6.31. The molecule has 0 bridgehead atoms. The number of nitrogens with two attached hydrogens (primary N) is 1. The van der Waals surface area contributed by atoms with Crippen molar-refractivity contribution in [3.05, 3.63) is 69.7 Å². The second kappa shape index (κ2) is 5.68. The van der Waals surface area contributed by atoms with Crippen molar-refractivity contribution in [3.8, 4) is 0 Å². The van der Waals surface area contributed by atoms with E-state index in [1.165, 1.54) is 6.07 Å². The molecule has 5 heteroatoms. The summed E-state index contributed by atoms with van der Waals surface area (Å²) in [6, 6.07) is 11.6. The van der Waals surface area contributed by atoms with Crippen molar-refractivity contribution in [1.29, 1.82) is 0 Å². The maximum atomic E-state index is 13.9. The first-order valence-electron chi connectivity index (χ1n) is 6.42. The Bertz CT molecular complexity index is 800. The minimum atomic E-state index is -0.454. The van der Waals surface area contributed by atoms with Crippen LogP contribution in [0.25, 0.3) is 11.0 Å². The van der Waals surface area contributed by atoms with Crippen molar-refractivity contribution in [2.24, 2.45) is 5.73 Å². The molecular formula is C16H12Cl2FNO. The molecule has 0 saturated heterocycles. The van der Waals surface area contributed by atoms with Crippen molar-refractivity contribution in [3.63, 3.8) is 0 Å². The maximum absolute atomic E-state index is 13.9. The normalized spacial score (nSPS) is 12.8. The lowest BCUT2D eigenvalue weighted by atomic mass is 10.0. The smallest absolute Gasteiger partial charge is 0.145 e. The van der Waals surface area contributed by atoms with E-state index in [1.807, 2.05) is 6.07 Å². The molecule has 0 spiro atoms. The van der Waals surface area contributed by atoms with E-state index >= 15 is 0 Å². The predicted octanol–water partition coefficient (Wildman–Crippen LogP) is 5.12. The quantitative estimate of drug-likeness (QED) is 0.726. The second-order valence-corrected chi connectivity index (χ2v) is 5.70. The molecule has 0 amide bonds. The predicted molar refractivity (Wildman–Crippen MR) is 83.3 cm³/mol. The van der Waals surface area contributed by atoms with Gasteiger partial charge in [-0.15, -0.1) is 0 Å². The summed E-state index contributed by atoms with van der Waals surface area (Å²) >= 11 is 11.7. The topological polar surface area (TPSA) is 39.2 Å². The molecule has 108 valence electrons. The van der Waals surface area contributed by atoms with Gasteiger partial charge in [-0.1, -0.05) is 35.3 Å². The van der Waals surface area contributed by atoms with Crippen LogP contribution in [-0.4, -0.2) is 0 Å². The van der Waals surface area contributed by atoms with Gasteiger partial charge in [0.25, 0.3) is 0 Å². The molecule has 2 N–H and O–H groups in total. The number of furan rings is 1. The number of benzene rings is 2. The van der Waals surface area contributed by atoms with Gasteiger partial charge in [0.05, 0.1) is 11.1 Å². The van der Waals surface area contributed by atoms with Crippen LogP contribution in [0.3, 0.4) is 0 Å². The second-order valence-electron chi connectivity index (χ2n) is 4.85. The van der Waals surface area contributed by atoms with Crippen molar-refractivity contribution in [2.75, 3.05) is 0 Å². The molecule has 0 saturated carbocycles. The zero-order chi connectivity index (χ0) is 15.0. The van der Waals surface area contributed by atoms with E-state index in [9.17, 15) is 4.39 Å². The molecule has 0 aliphatic heterocycles. The Labute approximate surface area is 131 Å². The van der Waals surface area contributed by atoms with Gasteiger partial charge < -0.3 is 10.2 Å². The van der Waals surface area contributed by atoms with Gasteiger partial charge in [0.15, 0.2) is 0 Å². The third-order valence-electron chi connectivity index (χ3n) is 3.33. The fraction of sp³-hybridized carbons (Fsp3) is 0.125. The van der Waals surface area contributed by atoms with E-state index in [0.29, 0.717) is 28.4 Å². The molecule has 1 aromatic heterocycles. The third kappa shape index (κ3) is 2.91. The number of hydrogen-bond acceptors (Lipinski definition) is 2. The summed E-state index contributed by atoms with van der Waals surface area (Å²) < 4.78 is 19.6. The van der Waals surface area contributed by atoms with Gasteiger partial charge in [0.2, 0.25) is 0 Å². The Kier molecular flexibility index (Phi) is 3.89. The molecule has 1 atom stereocenters. The van der Waals surface area contributed by atoms with E-state index < -0.39 is 11.9 Å². The molecule has 1 unspecified atom stereocenters. The number of halogens is 3. The highest BCUT2D eigenvalue weighted by Gasteiger charge is 2.16. The SMILES string of the molecule is NC(Cc1cccc(Cl)c1F)c1cc2cc(Cl)ccc2o1. The summed E-state index contributed by atoms with van der Waals surface area (Å²) in [5.41, 5.74) is 7.28. The van der Waals surface area contributed by atoms with Gasteiger partial charge in [-0.25, -0.2) is 4.39 Å². The summed E-state index contributed by atoms with van der Waals surface area (Å²) in [5.74, 6) is 0.153. The van der Waals surface area contributed by atoms with Gasteiger partial charge in [-0.2, -0.15) is 0 Å². The van der Waals surface area contributed by atoms with Crippen molar-refractivity contribution in [1.82, 2.24) is 0 Å². The highest BCUT2D eigenvalue weighted by Crippen LogP contribution is 2.28. The van der Waals surface area contributed by atoms with E-state index in [0.717, 1.165) is 5.39 Å². The number of fused-ring (bicyclic) bond motifs is 1. The van der Waals surface area contributed by atoms with Gasteiger partial charge in [0, 0.05) is 10.4 Å². The molecule has 0 aliphatic rings. The Balaban J connectivity index is 1.89. The molecule has 2 nitrogen and oxygen atoms in total. The monoisotopic (exact) mass is 323 g/mol. The summed E-state index contributed by atoms with van der Waals surface area (Å²) in [6.45, 7) is 0. The van der Waals surface area contributed by atoms with Crippen LogP contribution in [-0.2, 0) is 6.42 Å². The zero-order valence-electron chi connectivity index (χ0n) is 10.9. The minimum absolute atomic E-state index is 0.0936. The lowest BCUT2D eigenvalue weighted by Gasteiger charge is -2.10. The molecule has 0 fully saturated rings. The fourth-order valence-electron chi connectivity index (χ4n) is 2.26. The lowest BCUT2D eigenvalue weighted by Crippen LogP contribution is -2.13. The largest absolute Gasteiger partial charge is 0.459 e. The van der Waals surface area contributed by atoms with Gasteiger partial charge in [0.1, 0.15) is 17.2 Å². The fourth-order valence-corrected chi connectivity index (χ4v) is 2.64. The maximum Gasteiger partial charge on any atom is 0.145 e. The van der Waals surface area contributed by atoms with E-state index in [4.69, 9.17) is 33.4 Å². The van der Waals surface area contributed by atoms with Crippen molar-refractivity contribution in [2.45, 2.75) is 12.5 Å². The first-order chi connectivity index (χ1) is 10.0. The van der Waals surface area contributed by atoms with E-state index in [-0.39, 0.29) is 5.02 Å². The number of hydrogen-bond donors (Lipinski definition) is 1. The van der Waals surface area contributed by atoms with Crippen LogP contribution in [0.2, 0.25) is 10.0 Å². The van der Waals surface area contributed by atoms with Gasteiger partial charge >= 0.3 is 0 Å².